The fraction of sp³-hybridized carbons (Fsp3) is 0.409. The number of thiophene rings is 1. The minimum absolute atomic E-state index is 0.122. The summed E-state index contributed by atoms with van der Waals surface area (Å²) in [6.45, 7) is 1.49. The standard InChI is InChI=1S/C22H25N3O4S/c1-27-18-6-5-15(10-19(18)28-2)12-21(26)25-8-3-4-16(13-25)11-20-23-22(24-29-20)17-7-9-30-14-17/h5-7,9-10,14,16H,3-4,8,11-13H2,1-2H3. The molecule has 1 aromatic carbocycles. The van der Waals surface area contributed by atoms with Crippen molar-refractivity contribution in [1.29, 1.82) is 0 Å². The summed E-state index contributed by atoms with van der Waals surface area (Å²) in [5.74, 6) is 3.00. The predicted molar refractivity (Wildman–Crippen MR) is 114 cm³/mol. The van der Waals surface area contributed by atoms with Crippen molar-refractivity contribution >= 4 is 17.2 Å². The molecule has 1 saturated heterocycles. The number of hydrogen-bond donors (Lipinski definition) is 0. The van der Waals surface area contributed by atoms with E-state index in [0.717, 1.165) is 30.5 Å². The molecule has 0 spiro atoms. The van der Waals surface area contributed by atoms with Gasteiger partial charge in [0.1, 0.15) is 0 Å². The molecule has 1 aliphatic rings. The Kier molecular flexibility index (Phi) is 6.32. The summed E-state index contributed by atoms with van der Waals surface area (Å²) in [7, 11) is 3.20. The highest BCUT2D eigenvalue weighted by Crippen LogP contribution is 2.28. The highest BCUT2D eigenvalue weighted by atomic mass is 32.1. The van der Waals surface area contributed by atoms with Gasteiger partial charge in [-0.1, -0.05) is 11.2 Å². The smallest absolute Gasteiger partial charge is 0.227 e. The SMILES string of the molecule is COc1ccc(CC(=O)N2CCCC(Cc3nc(-c4ccsc4)no3)C2)cc1OC. The third-order valence-electron chi connectivity index (χ3n) is 5.39. The van der Waals surface area contributed by atoms with Crippen LogP contribution in [0.25, 0.3) is 11.4 Å². The van der Waals surface area contributed by atoms with Crippen molar-refractivity contribution in [3.63, 3.8) is 0 Å². The molecule has 1 fully saturated rings. The highest BCUT2D eigenvalue weighted by Gasteiger charge is 2.26. The number of likely N-dealkylation sites (tertiary alicyclic amines) is 1. The van der Waals surface area contributed by atoms with Crippen LogP contribution in [0.15, 0.2) is 39.5 Å². The summed E-state index contributed by atoms with van der Waals surface area (Å²) < 4.78 is 16.1. The summed E-state index contributed by atoms with van der Waals surface area (Å²) in [4.78, 5) is 19.3. The molecule has 0 bridgehead atoms. The van der Waals surface area contributed by atoms with Crippen molar-refractivity contribution in [2.24, 2.45) is 5.92 Å². The van der Waals surface area contributed by atoms with E-state index < -0.39 is 0 Å². The minimum atomic E-state index is 0.122. The molecule has 1 aliphatic heterocycles. The Hall–Kier alpha value is -2.87. The molecule has 158 valence electrons. The van der Waals surface area contributed by atoms with E-state index in [2.05, 4.69) is 10.1 Å². The fourth-order valence-corrected chi connectivity index (χ4v) is 4.46. The largest absolute Gasteiger partial charge is 0.493 e. The van der Waals surface area contributed by atoms with Gasteiger partial charge in [-0.3, -0.25) is 4.79 Å². The molecule has 7 nitrogen and oxygen atoms in total. The van der Waals surface area contributed by atoms with E-state index in [1.165, 1.54) is 0 Å². The molecule has 0 saturated carbocycles. The van der Waals surface area contributed by atoms with E-state index in [-0.39, 0.29) is 5.91 Å². The number of nitrogens with zero attached hydrogens (tertiary/aromatic N) is 3. The summed E-state index contributed by atoms with van der Waals surface area (Å²) in [6, 6.07) is 7.59. The van der Waals surface area contributed by atoms with E-state index in [4.69, 9.17) is 14.0 Å². The van der Waals surface area contributed by atoms with E-state index in [1.54, 1.807) is 25.6 Å². The maximum Gasteiger partial charge on any atom is 0.227 e. The van der Waals surface area contributed by atoms with Crippen LogP contribution in [-0.4, -0.2) is 48.3 Å². The second kappa shape index (κ2) is 9.30. The first-order valence-corrected chi connectivity index (χ1v) is 10.9. The van der Waals surface area contributed by atoms with Crippen LogP contribution in [0.4, 0.5) is 0 Å². The Bertz CT molecular complexity index is 986. The van der Waals surface area contributed by atoms with Crippen LogP contribution >= 0.6 is 11.3 Å². The summed E-state index contributed by atoms with van der Waals surface area (Å²) in [6.07, 6.45) is 3.07. The second-order valence-electron chi connectivity index (χ2n) is 7.44. The Balaban J connectivity index is 1.36. The molecule has 0 radical (unpaired) electrons. The molecule has 2 aromatic heterocycles. The molecular weight excluding hydrogens is 402 g/mol. The number of hydrogen-bond acceptors (Lipinski definition) is 7. The third-order valence-corrected chi connectivity index (χ3v) is 6.07. The van der Waals surface area contributed by atoms with Crippen molar-refractivity contribution in [2.75, 3.05) is 27.3 Å². The molecule has 8 heteroatoms. The average molecular weight is 428 g/mol. The van der Waals surface area contributed by atoms with Crippen LogP contribution in [0.2, 0.25) is 0 Å². The molecule has 30 heavy (non-hydrogen) atoms. The Morgan fingerprint density at radius 1 is 1.27 bits per heavy atom. The van der Waals surface area contributed by atoms with Crippen molar-refractivity contribution in [1.82, 2.24) is 15.0 Å². The van der Waals surface area contributed by atoms with Gasteiger partial charge in [0.15, 0.2) is 11.5 Å². The van der Waals surface area contributed by atoms with Crippen LogP contribution < -0.4 is 9.47 Å². The molecule has 1 atom stereocenters. The lowest BCUT2D eigenvalue weighted by Crippen LogP contribution is -2.41. The molecule has 3 aromatic rings. The number of carbonyl (C=O) groups is 1. The zero-order chi connectivity index (χ0) is 20.9. The van der Waals surface area contributed by atoms with E-state index in [1.807, 2.05) is 39.9 Å². The van der Waals surface area contributed by atoms with Gasteiger partial charge in [0.25, 0.3) is 0 Å². The third kappa shape index (κ3) is 4.64. The van der Waals surface area contributed by atoms with Crippen molar-refractivity contribution in [3.05, 3.63) is 46.5 Å². The fourth-order valence-electron chi connectivity index (χ4n) is 3.83. The first-order valence-electron chi connectivity index (χ1n) is 10.00. The van der Waals surface area contributed by atoms with Crippen LogP contribution in [0.3, 0.4) is 0 Å². The Labute approximate surface area is 179 Å². The predicted octanol–water partition coefficient (Wildman–Crippen LogP) is 3.84. The summed E-state index contributed by atoms with van der Waals surface area (Å²) in [5.41, 5.74) is 1.89. The monoisotopic (exact) mass is 427 g/mol. The normalized spacial score (nSPS) is 16.5. The van der Waals surface area contributed by atoms with Gasteiger partial charge < -0.3 is 18.9 Å². The van der Waals surface area contributed by atoms with Gasteiger partial charge >= 0.3 is 0 Å². The lowest BCUT2D eigenvalue weighted by Gasteiger charge is -2.32. The Morgan fingerprint density at radius 2 is 2.13 bits per heavy atom. The zero-order valence-corrected chi connectivity index (χ0v) is 18.0. The quantitative estimate of drug-likeness (QED) is 0.570. The van der Waals surface area contributed by atoms with E-state index >= 15 is 0 Å². The topological polar surface area (TPSA) is 77.7 Å². The van der Waals surface area contributed by atoms with Crippen LogP contribution in [-0.2, 0) is 17.6 Å². The first-order chi connectivity index (χ1) is 14.7. The van der Waals surface area contributed by atoms with Crippen LogP contribution in [0.1, 0.15) is 24.3 Å². The van der Waals surface area contributed by atoms with Crippen molar-refractivity contribution in [2.45, 2.75) is 25.7 Å². The molecule has 3 heterocycles. The summed E-state index contributed by atoms with van der Waals surface area (Å²) in [5, 5.41) is 8.08. The zero-order valence-electron chi connectivity index (χ0n) is 17.2. The number of ether oxygens (including phenoxy) is 2. The molecular formula is C22H25N3O4S. The van der Waals surface area contributed by atoms with Crippen molar-refractivity contribution in [3.8, 4) is 22.9 Å². The number of piperidine rings is 1. The number of aromatic nitrogens is 2. The Morgan fingerprint density at radius 3 is 2.90 bits per heavy atom. The lowest BCUT2D eigenvalue weighted by molar-refractivity contribution is -0.132. The van der Waals surface area contributed by atoms with E-state index in [0.29, 0.717) is 48.5 Å². The molecule has 4 rings (SSSR count). The second-order valence-corrected chi connectivity index (χ2v) is 8.22. The lowest BCUT2D eigenvalue weighted by atomic mass is 9.94. The average Bonchev–Trinajstić information content (AvgIpc) is 3.46. The van der Waals surface area contributed by atoms with Crippen LogP contribution in [0, 0.1) is 5.92 Å². The summed E-state index contributed by atoms with van der Waals surface area (Å²) >= 11 is 1.61. The molecule has 0 aliphatic carbocycles. The number of methoxy groups -OCH3 is 2. The van der Waals surface area contributed by atoms with Gasteiger partial charge in [-0.05, 0) is 47.9 Å². The molecule has 1 unspecified atom stereocenters. The van der Waals surface area contributed by atoms with Gasteiger partial charge in [0.05, 0.1) is 20.6 Å². The number of carbonyl (C=O) groups excluding carboxylic acids is 1. The van der Waals surface area contributed by atoms with Crippen molar-refractivity contribution < 1.29 is 18.8 Å². The van der Waals surface area contributed by atoms with Gasteiger partial charge in [-0.25, -0.2) is 0 Å². The number of amides is 1. The van der Waals surface area contributed by atoms with Gasteiger partial charge in [-0.15, -0.1) is 0 Å². The van der Waals surface area contributed by atoms with Crippen LogP contribution in [0.5, 0.6) is 11.5 Å². The minimum Gasteiger partial charge on any atom is -0.493 e. The first kappa shape index (κ1) is 20.4. The van der Waals surface area contributed by atoms with E-state index in [9.17, 15) is 4.79 Å². The highest BCUT2D eigenvalue weighted by molar-refractivity contribution is 7.08. The molecule has 1 amide bonds. The molecule has 0 N–H and O–H groups in total. The number of benzene rings is 1. The van der Waals surface area contributed by atoms with Gasteiger partial charge in [0, 0.05) is 30.5 Å². The number of rotatable bonds is 7. The maximum absolute atomic E-state index is 12.9. The van der Waals surface area contributed by atoms with Gasteiger partial charge in [-0.2, -0.15) is 16.3 Å². The van der Waals surface area contributed by atoms with Gasteiger partial charge in [0.2, 0.25) is 17.6 Å². The maximum atomic E-state index is 12.9.